The maximum atomic E-state index is 11.4. The van der Waals surface area contributed by atoms with Gasteiger partial charge >= 0.3 is 0 Å². The second-order valence-electron chi connectivity index (χ2n) is 2.66. The van der Waals surface area contributed by atoms with E-state index in [0.717, 1.165) is 4.47 Å². The van der Waals surface area contributed by atoms with Gasteiger partial charge in [0.2, 0.25) is 0 Å². The van der Waals surface area contributed by atoms with E-state index in [-0.39, 0.29) is 5.91 Å². The first kappa shape index (κ1) is 10.9. The topological polar surface area (TPSA) is 44.9 Å². The van der Waals surface area contributed by atoms with E-state index in [1.54, 1.807) is 19.2 Å². The van der Waals surface area contributed by atoms with Crippen LogP contribution in [0.3, 0.4) is 0 Å². The van der Waals surface area contributed by atoms with E-state index >= 15 is 0 Å². The van der Waals surface area contributed by atoms with Crippen LogP contribution in [0.5, 0.6) is 0 Å². The number of halogens is 1. The monoisotopic (exact) mass is 254 g/mol. The van der Waals surface area contributed by atoms with Crippen molar-refractivity contribution in [3.63, 3.8) is 0 Å². The first-order valence-electron chi connectivity index (χ1n) is 4.25. The highest BCUT2D eigenvalue weighted by Crippen LogP contribution is 2.09. The van der Waals surface area contributed by atoms with Gasteiger partial charge in [0.05, 0.1) is 0 Å². The Balaban J connectivity index is 2.38. The van der Waals surface area contributed by atoms with E-state index in [2.05, 4.69) is 38.1 Å². The minimum absolute atomic E-state index is 0.103. The van der Waals surface area contributed by atoms with Crippen LogP contribution >= 0.6 is 15.9 Å². The second kappa shape index (κ2) is 5.51. The molecule has 0 bridgehead atoms. The van der Waals surface area contributed by atoms with Gasteiger partial charge in [0.15, 0.2) is 0 Å². The average molecular weight is 255 g/mol. The summed E-state index contributed by atoms with van der Waals surface area (Å²) >= 11 is 3.26. The quantitative estimate of drug-likeness (QED) is 0.629. The van der Waals surface area contributed by atoms with Gasteiger partial charge < -0.3 is 10.3 Å². The van der Waals surface area contributed by atoms with Crippen molar-refractivity contribution < 1.29 is 4.79 Å². The molecule has 0 saturated carbocycles. The first-order valence-corrected chi connectivity index (χ1v) is 5.05. The van der Waals surface area contributed by atoms with Crippen LogP contribution in [0.25, 0.3) is 0 Å². The normalized spacial score (nSPS) is 9.00. The fourth-order valence-corrected chi connectivity index (χ4v) is 1.30. The summed E-state index contributed by atoms with van der Waals surface area (Å²) in [4.78, 5) is 14.3. The van der Waals surface area contributed by atoms with Crippen molar-refractivity contribution in [3.05, 3.63) is 22.4 Å². The molecule has 0 aliphatic heterocycles. The zero-order valence-corrected chi connectivity index (χ0v) is 9.44. The van der Waals surface area contributed by atoms with Crippen LogP contribution in [-0.2, 0) is 0 Å². The van der Waals surface area contributed by atoms with Gasteiger partial charge in [-0.3, -0.25) is 4.79 Å². The highest BCUT2D eigenvalue weighted by atomic mass is 79.9. The van der Waals surface area contributed by atoms with Crippen molar-refractivity contribution in [1.82, 2.24) is 10.3 Å². The number of carbonyl (C=O) groups excluding carboxylic acids is 1. The molecule has 1 rings (SSSR count). The molecule has 4 heteroatoms. The van der Waals surface area contributed by atoms with Gasteiger partial charge in [-0.2, -0.15) is 0 Å². The van der Waals surface area contributed by atoms with Crippen molar-refractivity contribution in [2.45, 2.75) is 13.3 Å². The van der Waals surface area contributed by atoms with Gasteiger partial charge in [0.1, 0.15) is 5.69 Å². The van der Waals surface area contributed by atoms with Crippen molar-refractivity contribution in [2.75, 3.05) is 6.54 Å². The molecular formula is C10H11BrN2O. The Morgan fingerprint density at radius 1 is 1.71 bits per heavy atom. The summed E-state index contributed by atoms with van der Waals surface area (Å²) in [5, 5.41) is 2.75. The van der Waals surface area contributed by atoms with Crippen LogP contribution in [0.2, 0.25) is 0 Å². The fraction of sp³-hybridized carbons (Fsp3) is 0.300. The molecule has 0 aromatic carbocycles. The van der Waals surface area contributed by atoms with Crippen LogP contribution in [0.4, 0.5) is 0 Å². The number of carbonyl (C=O) groups is 1. The second-order valence-corrected chi connectivity index (χ2v) is 3.58. The molecular weight excluding hydrogens is 244 g/mol. The lowest BCUT2D eigenvalue weighted by atomic mass is 10.3. The molecule has 0 spiro atoms. The standard InChI is InChI=1S/C10H11BrN2O/c1-2-3-4-5-12-10(14)9-6-8(11)7-13-9/h6-7,13H,4-5H2,1H3,(H,12,14). The summed E-state index contributed by atoms with van der Waals surface area (Å²) in [5.41, 5.74) is 0.557. The Hall–Kier alpha value is -1.21. The van der Waals surface area contributed by atoms with Gasteiger partial charge in [-0.1, -0.05) is 0 Å². The zero-order valence-electron chi connectivity index (χ0n) is 7.86. The number of aromatic nitrogens is 1. The van der Waals surface area contributed by atoms with Crippen LogP contribution in [-0.4, -0.2) is 17.4 Å². The van der Waals surface area contributed by atoms with E-state index in [0.29, 0.717) is 18.7 Å². The minimum Gasteiger partial charge on any atom is -0.356 e. The number of amides is 1. The third-order valence-electron chi connectivity index (χ3n) is 1.60. The molecule has 0 unspecified atom stereocenters. The van der Waals surface area contributed by atoms with Gasteiger partial charge in [0, 0.05) is 23.6 Å². The molecule has 0 radical (unpaired) electrons. The third kappa shape index (κ3) is 3.27. The van der Waals surface area contributed by atoms with Crippen molar-refractivity contribution in [1.29, 1.82) is 0 Å². The molecule has 0 aliphatic rings. The maximum Gasteiger partial charge on any atom is 0.267 e. The number of aromatic amines is 1. The predicted molar refractivity (Wildman–Crippen MR) is 58.9 cm³/mol. The Bertz CT molecular complexity index is 373. The average Bonchev–Trinajstić information content (AvgIpc) is 2.59. The summed E-state index contributed by atoms with van der Waals surface area (Å²) in [6.07, 6.45) is 2.41. The lowest BCUT2D eigenvalue weighted by Crippen LogP contribution is -2.24. The predicted octanol–water partition coefficient (Wildman–Crippen LogP) is 1.92. The Labute approximate surface area is 91.4 Å². The highest BCUT2D eigenvalue weighted by molar-refractivity contribution is 9.10. The largest absolute Gasteiger partial charge is 0.356 e. The van der Waals surface area contributed by atoms with Crippen molar-refractivity contribution in [2.24, 2.45) is 0 Å². The fourth-order valence-electron chi connectivity index (χ4n) is 0.958. The lowest BCUT2D eigenvalue weighted by molar-refractivity contribution is 0.0950. The first-order chi connectivity index (χ1) is 6.74. The Morgan fingerprint density at radius 3 is 3.07 bits per heavy atom. The number of hydrogen-bond acceptors (Lipinski definition) is 1. The van der Waals surface area contributed by atoms with Crippen LogP contribution in [0.1, 0.15) is 23.8 Å². The molecule has 14 heavy (non-hydrogen) atoms. The summed E-state index contributed by atoms with van der Waals surface area (Å²) in [6.45, 7) is 2.36. The number of rotatable bonds is 3. The molecule has 0 aliphatic carbocycles. The molecule has 0 saturated heterocycles. The summed E-state index contributed by atoms with van der Waals surface area (Å²) in [6, 6.07) is 1.74. The number of H-pyrrole nitrogens is 1. The molecule has 2 N–H and O–H groups in total. The Morgan fingerprint density at radius 2 is 2.50 bits per heavy atom. The molecule has 1 amide bonds. The third-order valence-corrected chi connectivity index (χ3v) is 2.06. The summed E-state index contributed by atoms with van der Waals surface area (Å²) < 4.78 is 0.871. The van der Waals surface area contributed by atoms with Crippen LogP contribution in [0, 0.1) is 11.8 Å². The van der Waals surface area contributed by atoms with E-state index in [4.69, 9.17) is 0 Å². The zero-order chi connectivity index (χ0) is 10.4. The molecule has 0 atom stereocenters. The van der Waals surface area contributed by atoms with E-state index < -0.39 is 0 Å². The number of hydrogen-bond donors (Lipinski definition) is 2. The highest BCUT2D eigenvalue weighted by Gasteiger charge is 2.05. The molecule has 1 heterocycles. The van der Waals surface area contributed by atoms with Crippen molar-refractivity contribution in [3.8, 4) is 11.8 Å². The van der Waals surface area contributed by atoms with Crippen LogP contribution < -0.4 is 5.32 Å². The van der Waals surface area contributed by atoms with Gasteiger partial charge in [-0.25, -0.2) is 0 Å². The summed E-state index contributed by atoms with van der Waals surface area (Å²) in [5.74, 6) is 5.54. The van der Waals surface area contributed by atoms with Gasteiger partial charge in [0.25, 0.3) is 5.91 Å². The smallest absolute Gasteiger partial charge is 0.267 e. The van der Waals surface area contributed by atoms with Crippen molar-refractivity contribution >= 4 is 21.8 Å². The SMILES string of the molecule is CC#CCCNC(=O)c1cc(Br)c[nH]1. The molecule has 3 nitrogen and oxygen atoms in total. The lowest BCUT2D eigenvalue weighted by Gasteiger charge is -1.99. The molecule has 0 fully saturated rings. The maximum absolute atomic E-state index is 11.4. The van der Waals surface area contributed by atoms with Gasteiger partial charge in [-0.05, 0) is 28.9 Å². The Kier molecular flexibility index (Phi) is 4.27. The number of nitrogens with one attached hydrogen (secondary N) is 2. The van der Waals surface area contributed by atoms with E-state index in [1.807, 2.05) is 0 Å². The molecule has 74 valence electrons. The van der Waals surface area contributed by atoms with Gasteiger partial charge in [-0.15, -0.1) is 11.8 Å². The van der Waals surface area contributed by atoms with E-state index in [1.165, 1.54) is 0 Å². The summed E-state index contributed by atoms with van der Waals surface area (Å²) in [7, 11) is 0. The van der Waals surface area contributed by atoms with E-state index in [9.17, 15) is 4.79 Å². The minimum atomic E-state index is -0.103. The van der Waals surface area contributed by atoms with Crippen LogP contribution in [0.15, 0.2) is 16.7 Å². The molecule has 1 aromatic rings. The molecule has 1 aromatic heterocycles.